The largest absolute Gasteiger partial charge is 0.380 e. The summed E-state index contributed by atoms with van der Waals surface area (Å²) in [4.78, 5) is 0. The molecule has 2 nitrogen and oxygen atoms in total. The van der Waals surface area contributed by atoms with Gasteiger partial charge in [-0.05, 0) is 37.6 Å². The van der Waals surface area contributed by atoms with Crippen LogP contribution in [0.5, 0.6) is 0 Å². The number of hydrogen-bond donors (Lipinski definition) is 1. The summed E-state index contributed by atoms with van der Waals surface area (Å²) in [5, 5.41) is 3.38. The lowest BCUT2D eigenvalue weighted by Gasteiger charge is -2.23. The molecule has 1 rings (SSSR count). The van der Waals surface area contributed by atoms with Crippen LogP contribution in [0.1, 0.15) is 19.4 Å². The van der Waals surface area contributed by atoms with Gasteiger partial charge in [0.05, 0.1) is 6.10 Å². The third-order valence-electron chi connectivity index (χ3n) is 2.77. The van der Waals surface area contributed by atoms with Crippen molar-refractivity contribution in [2.45, 2.75) is 32.4 Å². The monoisotopic (exact) mass is 225 g/mol. The molecule has 0 aliphatic rings. The number of nitrogens with one attached hydrogen (secondary N) is 1. The molecule has 1 N–H and O–H groups in total. The van der Waals surface area contributed by atoms with Crippen LogP contribution in [-0.4, -0.2) is 25.8 Å². The van der Waals surface area contributed by atoms with Gasteiger partial charge in [0.1, 0.15) is 5.82 Å². The van der Waals surface area contributed by atoms with Crippen molar-refractivity contribution in [3.63, 3.8) is 0 Å². The van der Waals surface area contributed by atoms with Crippen LogP contribution in [-0.2, 0) is 11.2 Å². The van der Waals surface area contributed by atoms with E-state index in [-0.39, 0.29) is 18.0 Å². The number of rotatable bonds is 6. The van der Waals surface area contributed by atoms with Crippen LogP contribution in [0, 0.1) is 5.82 Å². The molecule has 0 aromatic heterocycles. The van der Waals surface area contributed by atoms with Crippen LogP contribution in [0.3, 0.4) is 0 Å². The van der Waals surface area contributed by atoms with E-state index < -0.39 is 0 Å². The maximum atomic E-state index is 12.8. The van der Waals surface area contributed by atoms with Gasteiger partial charge in [0, 0.05) is 13.2 Å². The minimum Gasteiger partial charge on any atom is -0.380 e. The van der Waals surface area contributed by atoms with E-state index in [1.54, 1.807) is 7.11 Å². The molecule has 0 saturated carbocycles. The number of halogens is 1. The molecule has 3 heteroatoms. The van der Waals surface area contributed by atoms with Crippen LogP contribution in [0.15, 0.2) is 24.3 Å². The summed E-state index contributed by atoms with van der Waals surface area (Å²) in [6.07, 6.45) is 0.994. The van der Waals surface area contributed by atoms with Gasteiger partial charge in [-0.25, -0.2) is 4.39 Å². The Morgan fingerprint density at radius 3 is 2.44 bits per heavy atom. The van der Waals surface area contributed by atoms with Gasteiger partial charge in [-0.1, -0.05) is 19.1 Å². The molecule has 0 heterocycles. The lowest BCUT2D eigenvalue weighted by atomic mass is 10.0. The summed E-state index contributed by atoms with van der Waals surface area (Å²) >= 11 is 0. The Hall–Kier alpha value is -0.930. The fraction of sp³-hybridized carbons (Fsp3) is 0.538. The van der Waals surface area contributed by atoms with E-state index in [0.29, 0.717) is 0 Å². The van der Waals surface area contributed by atoms with Crippen molar-refractivity contribution >= 4 is 0 Å². The maximum Gasteiger partial charge on any atom is 0.123 e. The van der Waals surface area contributed by atoms with Gasteiger partial charge >= 0.3 is 0 Å². The summed E-state index contributed by atoms with van der Waals surface area (Å²) in [5.41, 5.74) is 1.12. The predicted molar refractivity (Wildman–Crippen MR) is 64.0 cm³/mol. The zero-order valence-electron chi connectivity index (χ0n) is 10.2. The summed E-state index contributed by atoms with van der Waals surface area (Å²) in [5.74, 6) is -0.191. The first-order valence-electron chi connectivity index (χ1n) is 5.68. The van der Waals surface area contributed by atoms with Crippen molar-refractivity contribution in [3.05, 3.63) is 35.6 Å². The molecule has 2 unspecified atom stereocenters. The maximum absolute atomic E-state index is 12.8. The molecule has 0 amide bonds. The average Bonchev–Trinajstić information content (AvgIpc) is 2.30. The first-order valence-corrected chi connectivity index (χ1v) is 5.68. The molecule has 90 valence electrons. The quantitative estimate of drug-likeness (QED) is 0.802. The molecular weight excluding hydrogens is 205 g/mol. The van der Waals surface area contributed by atoms with Crippen molar-refractivity contribution in [1.82, 2.24) is 5.32 Å². The highest BCUT2D eigenvalue weighted by atomic mass is 19.1. The van der Waals surface area contributed by atoms with Crippen LogP contribution in [0.2, 0.25) is 0 Å². The topological polar surface area (TPSA) is 21.3 Å². The molecule has 1 aromatic carbocycles. The Labute approximate surface area is 96.8 Å². The molecule has 0 radical (unpaired) electrons. The van der Waals surface area contributed by atoms with E-state index in [9.17, 15) is 4.39 Å². The van der Waals surface area contributed by atoms with Crippen molar-refractivity contribution < 1.29 is 9.13 Å². The standard InChI is InChI=1S/C13H20FNO/c1-4-15-13(10(2)16-3)9-11-5-7-12(14)8-6-11/h5-8,10,13,15H,4,9H2,1-3H3. The molecule has 0 saturated heterocycles. The summed E-state index contributed by atoms with van der Waals surface area (Å²) in [6, 6.07) is 6.90. The lowest BCUT2D eigenvalue weighted by molar-refractivity contribution is 0.0836. The average molecular weight is 225 g/mol. The Morgan fingerprint density at radius 2 is 1.94 bits per heavy atom. The number of hydrogen-bond acceptors (Lipinski definition) is 2. The van der Waals surface area contributed by atoms with Crippen LogP contribution >= 0.6 is 0 Å². The second kappa shape index (κ2) is 6.61. The smallest absolute Gasteiger partial charge is 0.123 e. The number of methoxy groups -OCH3 is 1. The Morgan fingerprint density at radius 1 is 1.31 bits per heavy atom. The third kappa shape index (κ3) is 3.91. The summed E-state index contributed by atoms with van der Waals surface area (Å²) in [6.45, 7) is 5.01. The Bertz CT molecular complexity index is 299. The Kier molecular flexibility index (Phi) is 5.43. The SMILES string of the molecule is CCNC(Cc1ccc(F)cc1)C(C)OC. The van der Waals surface area contributed by atoms with Crippen LogP contribution in [0.4, 0.5) is 4.39 Å². The molecule has 2 atom stereocenters. The van der Waals surface area contributed by atoms with Gasteiger partial charge in [-0.3, -0.25) is 0 Å². The molecule has 0 fully saturated rings. The normalized spacial score (nSPS) is 14.8. The second-order valence-corrected chi connectivity index (χ2v) is 3.94. The molecule has 0 spiro atoms. The zero-order valence-corrected chi connectivity index (χ0v) is 10.2. The van der Waals surface area contributed by atoms with Gasteiger partial charge in [-0.15, -0.1) is 0 Å². The lowest BCUT2D eigenvalue weighted by Crippen LogP contribution is -2.40. The highest BCUT2D eigenvalue weighted by Gasteiger charge is 2.15. The van der Waals surface area contributed by atoms with Gasteiger partial charge in [0.15, 0.2) is 0 Å². The van der Waals surface area contributed by atoms with E-state index in [2.05, 4.69) is 12.2 Å². The first-order chi connectivity index (χ1) is 7.67. The van der Waals surface area contributed by atoms with Gasteiger partial charge < -0.3 is 10.1 Å². The van der Waals surface area contributed by atoms with Crippen molar-refractivity contribution in [2.24, 2.45) is 0 Å². The van der Waals surface area contributed by atoms with Crippen molar-refractivity contribution in [3.8, 4) is 0 Å². The summed E-state index contributed by atoms with van der Waals surface area (Å²) < 4.78 is 18.1. The first kappa shape index (κ1) is 13.1. The van der Waals surface area contributed by atoms with Crippen LogP contribution < -0.4 is 5.32 Å². The zero-order chi connectivity index (χ0) is 12.0. The third-order valence-corrected chi connectivity index (χ3v) is 2.77. The fourth-order valence-corrected chi connectivity index (χ4v) is 1.70. The molecule has 0 aliphatic heterocycles. The molecular formula is C13H20FNO. The molecule has 1 aromatic rings. The van der Waals surface area contributed by atoms with E-state index in [4.69, 9.17) is 4.74 Å². The minimum atomic E-state index is -0.191. The van der Waals surface area contributed by atoms with Crippen molar-refractivity contribution in [1.29, 1.82) is 0 Å². The van der Waals surface area contributed by atoms with E-state index in [0.717, 1.165) is 18.5 Å². The number of ether oxygens (including phenoxy) is 1. The highest BCUT2D eigenvalue weighted by Crippen LogP contribution is 2.09. The fourth-order valence-electron chi connectivity index (χ4n) is 1.70. The predicted octanol–water partition coefficient (Wildman–Crippen LogP) is 2.38. The van der Waals surface area contributed by atoms with E-state index >= 15 is 0 Å². The minimum absolute atomic E-state index is 0.144. The second-order valence-electron chi connectivity index (χ2n) is 3.94. The van der Waals surface area contributed by atoms with Gasteiger partial charge in [0.25, 0.3) is 0 Å². The molecule has 0 bridgehead atoms. The van der Waals surface area contributed by atoms with Crippen molar-refractivity contribution in [2.75, 3.05) is 13.7 Å². The summed E-state index contributed by atoms with van der Waals surface area (Å²) in [7, 11) is 1.71. The van der Waals surface area contributed by atoms with E-state index in [1.807, 2.05) is 19.1 Å². The molecule has 16 heavy (non-hydrogen) atoms. The number of likely N-dealkylation sites (N-methyl/N-ethyl adjacent to an activating group) is 1. The number of benzene rings is 1. The van der Waals surface area contributed by atoms with E-state index in [1.165, 1.54) is 12.1 Å². The van der Waals surface area contributed by atoms with Crippen LogP contribution in [0.25, 0.3) is 0 Å². The van der Waals surface area contributed by atoms with Gasteiger partial charge in [0.2, 0.25) is 0 Å². The Balaban J connectivity index is 2.63. The highest BCUT2D eigenvalue weighted by molar-refractivity contribution is 5.17. The van der Waals surface area contributed by atoms with Gasteiger partial charge in [-0.2, -0.15) is 0 Å². The molecule has 0 aliphatic carbocycles.